The highest BCUT2D eigenvalue weighted by Gasteiger charge is 1.94. The standard InChI is InChI=1S/C6H9ClN2O/c7-5-6(10)9-4-2-1-3-8/h1-2,4-5H2,(H,9,10). The summed E-state index contributed by atoms with van der Waals surface area (Å²) in [7, 11) is 0. The zero-order valence-corrected chi connectivity index (χ0v) is 6.32. The molecule has 0 aliphatic carbocycles. The smallest absolute Gasteiger partial charge is 0.234 e. The first kappa shape index (κ1) is 9.25. The van der Waals surface area contributed by atoms with Crippen molar-refractivity contribution < 1.29 is 4.79 Å². The number of unbranched alkanes of at least 4 members (excludes halogenated alkanes) is 1. The minimum atomic E-state index is -0.181. The maximum Gasteiger partial charge on any atom is 0.234 e. The Balaban J connectivity index is 3.05. The number of nitrogens with zero attached hydrogens (tertiary/aromatic N) is 1. The summed E-state index contributed by atoms with van der Waals surface area (Å²) in [6.45, 7) is 0.541. The number of carbonyl (C=O) groups excluding carboxylic acids is 1. The van der Waals surface area contributed by atoms with Gasteiger partial charge < -0.3 is 5.32 Å². The molecule has 0 saturated carbocycles. The van der Waals surface area contributed by atoms with Gasteiger partial charge in [0.05, 0.1) is 6.07 Å². The van der Waals surface area contributed by atoms with Gasteiger partial charge in [0.15, 0.2) is 0 Å². The van der Waals surface area contributed by atoms with Crippen molar-refractivity contribution in [2.75, 3.05) is 12.4 Å². The molecule has 0 aliphatic heterocycles. The number of nitriles is 1. The predicted octanol–water partition coefficient (Wildman–Crippen LogP) is 0.645. The van der Waals surface area contributed by atoms with Crippen LogP contribution in [0.1, 0.15) is 12.8 Å². The van der Waals surface area contributed by atoms with E-state index in [9.17, 15) is 4.79 Å². The van der Waals surface area contributed by atoms with Crippen LogP contribution in [0.25, 0.3) is 0 Å². The van der Waals surface area contributed by atoms with Crippen molar-refractivity contribution >= 4 is 17.5 Å². The summed E-state index contributed by atoms with van der Waals surface area (Å²) >= 11 is 5.19. The van der Waals surface area contributed by atoms with Crippen molar-refractivity contribution in [2.24, 2.45) is 0 Å². The van der Waals surface area contributed by atoms with Gasteiger partial charge in [0.1, 0.15) is 5.88 Å². The fourth-order valence-electron chi connectivity index (χ4n) is 0.442. The van der Waals surface area contributed by atoms with E-state index in [4.69, 9.17) is 16.9 Å². The van der Waals surface area contributed by atoms with Gasteiger partial charge in [-0.05, 0) is 6.42 Å². The van der Waals surface area contributed by atoms with Crippen molar-refractivity contribution in [1.82, 2.24) is 5.32 Å². The summed E-state index contributed by atoms with van der Waals surface area (Å²) in [5.41, 5.74) is 0. The minimum Gasteiger partial charge on any atom is -0.355 e. The third-order valence-corrected chi connectivity index (χ3v) is 1.15. The van der Waals surface area contributed by atoms with Crippen LogP contribution in [0.2, 0.25) is 0 Å². The maximum atomic E-state index is 10.4. The number of nitrogens with one attached hydrogen (secondary N) is 1. The second-order valence-corrected chi connectivity index (χ2v) is 2.01. The molecule has 0 bridgehead atoms. The van der Waals surface area contributed by atoms with Crippen LogP contribution in [0, 0.1) is 11.3 Å². The number of hydrogen-bond donors (Lipinski definition) is 1. The highest BCUT2D eigenvalue weighted by Crippen LogP contribution is 1.83. The summed E-state index contributed by atoms with van der Waals surface area (Å²) in [5, 5.41) is 10.6. The van der Waals surface area contributed by atoms with Crippen molar-refractivity contribution in [3.05, 3.63) is 0 Å². The van der Waals surface area contributed by atoms with Crippen LogP contribution in [0.5, 0.6) is 0 Å². The van der Waals surface area contributed by atoms with E-state index in [1.807, 2.05) is 6.07 Å². The molecule has 0 spiro atoms. The average molecular weight is 161 g/mol. The molecule has 3 nitrogen and oxygen atoms in total. The van der Waals surface area contributed by atoms with Crippen LogP contribution in [0.15, 0.2) is 0 Å². The molecule has 10 heavy (non-hydrogen) atoms. The zero-order chi connectivity index (χ0) is 7.82. The number of alkyl halides is 1. The molecule has 0 aromatic heterocycles. The summed E-state index contributed by atoms with van der Waals surface area (Å²) in [6, 6.07) is 1.98. The molecule has 0 unspecified atom stereocenters. The monoisotopic (exact) mass is 160 g/mol. The van der Waals surface area contributed by atoms with E-state index in [2.05, 4.69) is 5.32 Å². The van der Waals surface area contributed by atoms with Crippen LogP contribution < -0.4 is 5.32 Å². The Morgan fingerprint density at radius 1 is 1.70 bits per heavy atom. The molecule has 0 rings (SSSR count). The van der Waals surface area contributed by atoms with Gasteiger partial charge in [0, 0.05) is 13.0 Å². The van der Waals surface area contributed by atoms with Crippen molar-refractivity contribution in [1.29, 1.82) is 5.26 Å². The molecule has 1 amide bonds. The van der Waals surface area contributed by atoms with Crippen molar-refractivity contribution in [3.8, 4) is 6.07 Å². The number of rotatable bonds is 4. The van der Waals surface area contributed by atoms with E-state index in [0.29, 0.717) is 19.4 Å². The lowest BCUT2D eigenvalue weighted by Crippen LogP contribution is -2.25. The molecule has 0 fully saturated rings. The second kappa shape index (κ2) is 6.37. The summed E-state index contributed by atoms with van der Waals surface area (Å²) in [6.07, 6.45) is 1.17. The van der Waals surface area contributed by atoms with Gasteiger partial charge in [0.25, 0.3) is 0 Å². The van der Waals surface area contributed by atoms with E-state index in [1.54, 1.807) is 0 Å². The highest BCUT2D eigenvalue weighted by atomic mass is 35.5. The molecule has 0 radical (unpaired) electrons. The predicted molar refractivity (Wildman–Crippen MR) is 38.6 cm³/mol. The molecular weight excluding hydrogens is 152 g/mol. The second-order valence-electron chi connectivity index (χ2n) is 1.75. The van der Waals surface area contributed by atoms with E-state index in [1.165, 1.54) is 0 Å². The highest BCUT2D eigenvalue weighted by molar-refractivity contribution is 6.27. The molecule has 0 heterocycles. The maximum absolute atomic E-state index is 10.4. The number of hydrogen-bond acceptors (Lipinski definition) is 2. The molecule has 0 aromatic carbocycles. The van der Waals surface area contributed by atoms with Crippen LogP contribution in [-0.2, 0) is 4.79 Å². The topological polar surface area (TPSA) is 52.9 Å². The Kier molecular flexibility index (Phi) is 5.89. The Hall–Kier alpha value is -0.750. The number of halogens is 1. The third-order valence-electron chi connectivity index (χ3n) is 0.909. The number of amides is 1. The van der Waals surface area contributed by atoms with Gasteiger partial charge in [0.2, 0.25) is 5.91 Å². The molecule has 0 aliphatic rings. The molecule has 1 N–H and O–H groups in total. The fourth-order valence-corrected chi connectivity index (χ4v) is 0.537. The Morgan fingerprint density at radius 2 is 2.40 bits per heavy atom. The Labute approximate surface area is 65.0 Å². The summed E-state index contributed by atoms with van der Waals surface area (Å²) < 4.78 is 0. The molecule has 4 heteroatoms. The van der Waals surface area contributed by atoms with Crippen molar-refractivity contribution in [3.63, 3.8) is 0 Å². The molecule has 56 valence electrons. The van der Waals surface area contributed by atoms with Gasteiger partial charge in [-0.2, -0.15) is 5.26 Å². The van der Waals surface area contributed by atoms with E-state index in [0.717, 1.165) is 0 Å². The summed E-state index contributed by atoms with van der Waals surface area (Å²) in [5.74, 6) is -0.188. The Morgan fingerprint density at radius 3 is 2.90 bits per heavy atom. The van der Waals surface area contributed by atoms with Crippen LogP contribution in [-0.4, -0.2) is 18.3 Å². The van der Waals surface area contributed by atoms with Gasteiger partial charge in [-0.3, -0.25) is 4.79 Å². The number of carbonyl (C=O) groups is 1. The lowest BCUT2D eigenvalue weighted by atomic mass is 10.3. The quantitative estimate of drug-likeness (QED) is 0.485. The van der Waals surface area contributed by atoms with Gasteiger partial charge >= 0.3 is 0 Å². The van der Waals surface area contributed by atoms with E-state index >= 15 is 0 Å². The fraction of sp³-hybridized carbons (Fsp3) is 0.667. The van der Waals surface area contributed by atoms with Crippen LogP contribution >= 0.6 is 11.6 Å². The normalized spacial score (nSPS) is 8.40. The average Bonchev–Trinajstić information content (AvgIpc) is 1.98. The minimum absolute atomic E-state index is 0.00739. The van der Waals surface area contributed by atoms with Crippen LogP contribution in [0.4, 0.5) is 0 Å². The first-order valence-corrected chi connectivity index (χ1v) is 3.54. The third kappa shape index (κ3) is 5.39. The lowest BCUT2D eigenvalue weighted by Gasteiger charge is -1.97. The largest absolute Gasteiger partial charge is 0.355 e. The SMILES string of the molecule is N#CCCCNC(=O)CCl. The zero-order valence-electron chi connectivity index (χ0n) is 5.56. The first-order valence-electron chi connectivity index (χ1n) is 3.01. The van der Waals surface area contributed by atoms with E-state index < -0.39 is 0 Å². The molecule has 0 aromatic rings. The summed E-state index contributed by atoms with van der Waals surface area (Å²) in [4.78, 5) is 10.4. The molecule has 0 atom stereocenters. The van der Waals surface area contributed by atoms with Gasteiger partial charge in [-0.15, -0.1) is 11.6 Å². The van der Waals surface area contributed by atoms with Crippen LogP contribution in [0.3, 0.4) is 0 Å². The van der Waals surface area contributed by atoms with Gasteiger partial charge in [-0.1, -0.05) is 0 Å². The van der Waals surface area contributed by atoms with Gasteiger partial charge in [-0.25, -0.2) is 0 Å². The molecular formula is C6H9ClN2O. The Bertz CT molecular complexity index is 141. The lowest BCUT2D eigenvalue weighted by molar-refractivity contribution is -0.118. The molecule has 0 saturated heterocycles. The van der Waals surface area contributed by atoms with E-state index in [-0.39, 0.29) is 11.8 Å². The first-order chi connectivity index (χ1) is 4.81. The van der Waals surface area contributed by atoms with Crippen molar-refractivity contribution in [2.45, 2.75) is 12.8 Å².